The molecule has 0 spiro atoms. The molecule has 2 unspecified atom stereocenters. The van der Waals surface area contributed by atoms with E-state index in [1.807, 2.05) is 43.3 Å². The fraction of sp³-hybridized carbons (Fsp3) is 0.435. The Hall–Kier alpha value is -2.17. The fourth-order valence-corrected chi connectivity index (χ4v) is 3.82. The predicted molar refractivity (Wildman–Crippen MR) is 110 cm³/mol. The van der Waals surface area contributed by atoms with Gasteiger partial charge in [0.1, 0.15) is 0 Å². The highest BCUT2D eigenvalue weighted by atomic mass is 16.2. The van der Waals surface area contributed by atoms with E-state index in [1.165, 1.54) is 0 Å². The van der Waals surface area contributed by atoms with E-state index in [0.29, 0.717) is 0 Å². The molecule has 27 heavy (non-hydrogen) atoms. The number of nitrogens with zero attached hydrogens (tertiary/aromatic N) is 1. The Balaban J connectivity index is 1.77. The Kier molecular flexibility index (Phi) is 5.98. The van der Waals surface area contributed by atoms with Gasteiger partial charge in [0.15, 0.2) is 0 Å². The van der Waals surface area contributed by atoms with Gasteiger partial charge < -0.3 is 11.1 Å². The molecule has 4 heteroatoms. The van der Waals surface area contributed by atoms with Crippen LogP contribution < -0.4 is 11.1 Å². The molecule has 144 valence electrons. The van der Waals surface area contributed by atoms with Crippen molar-refractivity contribution in [1.82, 2.24) is 10.2 Å². The average molecular weight is 366 g/mol. The lowest BCUT2D eigenvalue weighted by atomic mass is 9.79. The second-order valence-electron chi connectivity index (χ2n) is 8.29. The number of hydrogen-bond donors (Lipinski definition) is 2. The minimum Gasteiger partial charge on any atom is -0.344 e. The van der Waals surface area contributed by atoms with Gasteiger partial charge in [-0.2, -0.15) is 0 Å². The lowest BCUT2D eigenvalue weighted by Crippen LogP contribution is -2.57. The number of amides is 1. The molecule has 0 bridgehead atoms. The molecule has 1 heterocycles. The van der Waals surface area contributed by atoms with Gasteiger partial charge in [-0.3, -0.25) is 9.69 Å². The van der Waals surface area contributed by atoms with Crippen LogP contribution in [0.1, 0.15) is 44.4 Å². The van der Waals surface area contributed by atoms with Crippen molar-refractivity contribution in [3.05, 3.63) is 71.8 Å². The smallest absolute Gasteiger partial charge is 0.237 e. The summed E-state index contributed by atoms with van der Waals surface area (Å²) >= 11 is 0. The summed E-state index contributed by atoms with van der Waals surface area (Å²) in [6, 6.07) is 20.1. The molecule has 1 aliphatic heterocycles. The second-order valence-corrected chi connectivity index (χ2v) is 8.29. The first-order valence-electron chi connectivity index (χ1n) is 9.78. The van der Waals surface area contributed by atoms with Crippen molar-refractivity contribution in [2.45, 2.75) is 45.3 Å². The third-order valence-electron chi connectivity index (χ3n) is 5.82. The minimum atomic E-state index is -0.188. The molecule has 1 saturated heterocycles. The lowest BCUT2D eigenvalue weighted by Gasteiger charge is -2.44. The Morgan fingerprint density at radius 1 is 1.07 bits per heavy atom. The van der Waals surface area contributed by atoms with E-state index in [-0.39, 0.29) is 29.4 Å². The van der Waals surface area contributed by atoms with Crippen LogP contribution in [0.2, 0.25) is 0 Å². The number of benzene rings is 2. The summed E-state index contributed by atoms with van der Waals surface area (Å²) in [7, 11) is 0. The molecule has 1 fully saturated rings. The van der Waals surface area contributed by atoms with Crippen LogP contribution in [0, 0.1) is 5.41 Å². The van der Waals surface area contributed by atoms with Crippen LogP contribution in [0.25, 0.3) is 0 Å². The summed E-state index contributed by atoms with van der Waals surface area (Å²) in [6.07, 6.45) is 0.922. The normalized spacial score (nSPS) is 21.0. The maximum Gasteiger partial charge on any atom is 0.237 e. The van der Waals surface area contributed by atoms with Gasteiger partial charge >= 0.3 is 0 Å². The molecule has 2 aromatic rings. The average Bonchev–Trinajstić information content (AvgIpc) is 2.68. The maximum absolute atomic E-state index is 13.1. The van der Waals surface area contributed by atoms with Crippen LogP contribution in [-0.2, 0) is 4.79 Å². The highest BCUT2D eigenvalue weighted by Crippen LogP contribution is 2.29. The topological polar surface area (TPSA) is 58.4 Å². The van der Waals surface area contributed by atoms with Crippen LogP contribution in [0.15, 0.2) is 60.7 Å². The van der Waals surface area contributed by atoms with E-state index in [1.54, 1.807) is 0 Å². The van der Waals surface area contributed by atoms with Crippen LogP contribution in [-0.4, -0.2) is 36.0 Å². The van der Waals surface area contributed by atoms with Crippen molar-refractivity contribution in [2.75, 3.05) is 13.1 Å². The van der Waals surface area contributed by atoms with E-state index >= 15 is 0 Å². The summed E-state index contributed by atoms with van der Waals surface area (Å²) < 4.78 is 0. The monoisotopic (exact) mass is 365 g/mol. The van der Waals surface area contributed by atoms with Crippen molar-refractivity contribution in [1.29, 1.82) is 0 Å². The molecule has 4 nitrogen and oxygen atoms in total. The van der Waals surface area contributed by atoms with Gasteiger partial charge in [0.05, 0.1) is 12.1 Å². The summed E-state index contributed by atoms with van der Waals surface area (Å²) in [5.74, 6) is 0.0546. The molecular formula is C23H31N3O. The summed E-state index contributed by atoms with van der Waals surface area (Å²) in [5, 5.41) is 3.27. The molecule has 2 aromatic carbocycles. The number of carbonyl (C=O) groups excluding carboxylic acids is 1. The number of rotatable bonds is 5. The summed E-state index contributed by atoms with van der Waals surface area (Å²) in [5.41, 5.74) is 8.45. The highest BCUT2D eigenvalue weighted by molar-refractivity contribution is 5.82. The summed E-state index contributed by atoms with van der Waals surface area (Å²) in [4.78, 5) is 15.4. The first-order chi connectivity index (χ1) is 12.9. The number of nitrogens with one attached hydrogen (secondary N) is 1. The third-order valence-corrected chi connectivity index (χ3v) is 5.82. The lowest BCUT2D eigenvalue weighted by molar-refractivity contribution is -0.127. The highest BCUT2D eigenvalue weighted by Gasteiger charge is 2.37. The molecule has 3 rings (SSSR count). The zero-order valence-electron chi connectivity index (χ0n) is 16.6. The van der Waals surface area contributed by atoms with E-state index in [9.17, 15) is 4.79 Å². The van der Waals surface area contributed by atoms with Gasteiger partial charge in [-0.05, 0) is 29.9 Å². The maximum atomic E-state index is 13.1. The predicted octanol–water partition coefficient (Wildman–Crippen LogP) is 3.34. The SMILES string of the molecule is CC(C(=O)NC(c1ccccc1)c1ccccc1)N1CCC(N)C(C)(C)C1. The number of nitrogens with two attached hydrogens (primary N) is 1. The van der Waals surface area contributed by atoms with Crippen molar-refractivity contribution in [2.24, 2.45) is 11.1 Å². The number of likely N-dealkylation sites (tertiary alicyclic amines) is 1. The van der Waals surface area contributed by atoms with Gasteiger partial charge in [0.2, 0.25) is 5.91 Å². The van der Waals surface area contributed by atoms with Gasteiger partial charge in [0.25, 0.3) is 0 Å². The van der Waals surface area contributed by atoms with E-state index in [2.05, 4.69) is 48.3 Å². The molecule has 0 aromatic heterocycles. The molecule has 0 aliphatic carbocycles. The zero-order chi connectivity index (χ0) is 19.4. The molecule has 1 amide bonds. The number of carbonyl (C=O) groups is 1. The quantitative estimate of drug-likeness (QED) is 0.854. The Morgan fingerprint density at radius 3 is 2.07 bits per heavy atom. The molecular weight excluding hydrogens is 334 g/mol. The Bertz CT molecular complexity index is 705. The van der Waals surface area contributed by atoms with E-state index in [0.717, 1.165) is 30.6 Å². The van der Waals surface area contributed by atoms with Crippen LogP contribution in [0.3, 0.4) is 0 Å². The van der Waals surface area contributed by atoms with Crippen LogP contribution in [0.5, 0.6) is 0 Å². The number of hydrogen-bond acceptors (Lipinski definition) is 3. The minimum absolute atomic E-state index is 0.0189. The van der Waals surface area contributed by atoms with Crippen LogP contribution in [0.4, 0.5) is 0 Å². The van der Waals surface area contributed by atoms with Gasteiger partial charge in [-0.1, -0.05) is 74.5 Å². The van der Waals surface area contributed by atoms with Crippen molar-refractivity contribution in [3.8, 4) is 0 Å². The molecule has 0 radical (unpaired) electrons. The van der Waals surface area contributed by atoms with E-state index in [4.69, 9.17) is 5.73 Å². The van der Waals surface area contributed by atoms with Crippen LogP contribution >= 0.6 is 0 Å². The van der Waals surface area contributed by atoms with E-state index < -0.39 is 0 Å². The van der Waals surface area contributed by atoms with Gasteiger partial charge in [-0.25, -0.2) is 0 Å². The second kappa shape index (κ2) is 8.24. The fourth-order valence-electron chi connectivity index (χ4n) is 3.82. The van der Waals surface area contributed by atoms with Gasteiger partial charge in [-0.15, -0.1) is 0 Å². The molecule has 0 saturated carbocycles. The Morgan fingerprint density at radius 2 is 1.59 bits per heavy atom. The third kappa shape index (κ3) is 4.57. The first-order valence-corrected chi connectivity index (χ1v) is 9.78. The first kappa shape index (κ1) is 19.6. The molecule has 3 N–H and O–H groups in total. The number of piperidine rings is 1. The standard InChI is InChI=1S/C23H31N3O/c1-17(26-15-14-20(24)23(2,3)16-26)22(27)25-21(18-10-6-4-7-11-18)19-12-8-5-9-13-19/h4-13,17,20-21H,14-16,24H2,1-3H3,(H,25,27). The van der Waals surface area contributed by atoms with Gasteiger partial charge in [0, 0.05) is 19.1 Å². The summed E-state index contributed by atoms with van der Waals surface area (Å²) in [6.45, 7) is 8.07. The molecule has 2 atom stereocenters. The molecule has 1 aliphatic rings. The largest absolute Gasteiger partial charge is 0.344 e. The van der Waals surface area contributed by atoms with Crippen molar-refractivity contribution >= 4 is 5.91 Å². The van der Waals surface area contributed by atoms with Crippen molar-refractivity contribution < 1.29 is 4.79 Å². The van der Waals surface area contributed by atoms with Crippen molar-refractivity contribution in [3.63, 3.8) is 0 Å². The Labute approximate surface area is 162 Å². The zero-order valence-corrected chi connectivity index (χ0v) is 16.6.